The SMILES string of the molecule is O=S(=O)(Cc1ccccc1F)N1CCCC(Cc2noc(C3CC3)n2)C1. The number of nitrogens with zero attached hydrogens (tertiary/aromatic N) is 3. The van der Waals surface area contributed by atoms with Crippen molar-refractivity contribution < 1.29 is 17.3 Å². The van der Waals surface area contributed by atoms with Gasteiger partial charge in [0.15, 0.2) is 5.82 Å². The molecule has 4 rings (SSSR count). The Kier molecular flexibility index (Phi) is 4.79. The Morgan fingerprint density at radius 1 is 1.23 bits per heavy atom. The third kappa shape index (κ3) is 3.96. The predicted octanol–water partition coefficient (Wildman–Crippen LogP) is 2.87. The normalized spacial score (nSPS) is 21.8. The van der Waals surface area contributed by atoms with Crippen molar-refractivity contribution in [3.05, 3.63) is 47.4 Å². The van der Waals surface area contributed by atoms with Gasteiger partial charge in [-0.15, -0.1) is 0 Å². The highest BCUT2D eigenvalue weighted by molar-refractivity contribution is 7.88. The van der Waals surface area contributed by atoms with Crippen LogP contribution in [0.25, 0.3) is 0 Å². The number of sulfonamides is 1. The van der Waals surface area contributed by atoms with Crippen LogP contribution in [-0.4, -0.2) is 36.0 Å². The Balaban J connectivity index is 1.41. The minimum Gasteiger partial charge on any atom is -0.339 e. The largest absolute Gasteiger partial charge is 0.339 e. The Morgan fingerprint density at radius 2 is 2.04 bits per heavy atom. The third-order valence-corrected chi connectivity index (χ3v) is 6.85. The molecule has 1 saturated carbocycles. The number of benzene rings is 1. The average Bonchev–Trinajstić information content (AvgIpc) is 3.37. The van der Waals surface area contributed by atoms with Crippen LogP contribution in [0, 0.1) is 11.7 Å². The molecule has 0 amide bonds. The number of piperidine rings is 1. The summed E-state index contributed by atoms with van der Waals surface area (Å²) < 4.78 is 46.0. The van der Waals surface area contributed by atoms with Gasteiger partial charge < -0.3 is 4.52 Å². The molecule has 1 aliphatic heterocycles. The van der Waals surface area contributed by atoms with Crippen LogP contribution in [0.4, 0.5) is 4.39 Å². The zero-order valence-electron chi connectivity index (χ0n) is 14.5. The van der Waals surface area contributed by atoms with Crippen LogP contribution in [0.2, 0.25) is 0 Å². The second kappa shape index (κ2) is 7.08. The van der Waals surface area contributed by atoms with Crippen LogP contribution in [0.5, 0.6) is 0 Å². The van der Waals surface area contributed by atoms with E-state index >= 15 is 0 Å². The number of aromatic nitrogens is 2. The lowest BCUT2D eigenvalue weighted by Gasteiger charge is -2.31. The fourth-order valence-corrected chi connectivity index (χ4v) is 5.11. The summed E-state index contributed by atoms with van der Waals surface area (Å²) in [6, 6.07) is 6.02. The first-order valence-corrected chi connectivity index (χ1v) is 10.7. The first kappa shape index (κ1) is 17.6. The van der Waals surface area contributed by atoms with Gasteiger partial charge in [0.1, 0.15) is 5.82 Å². The molecule has 0 bridgehead atoms. The smallest absolute Gasteiger partial charge is 0.229 e. The van der Waals surface area contributed by atoms with Gasteiger partial charge in [0.05, 0.1) is 5.75 Å². The van der Waals surface area contributed by atoms with E-state index in [0.717, 1.165) is 25.7 Å². The molecule has 1 saturated heterocycles. The monoisotopic (exact) mass is 379 g/mol. The summed E-state index contributed by atoms with van der Waals surface area (Å²) >= 11 is 0. The fraction of sp³-hybridized carbons (Fsp3) is 0.556. The van der Waals surface area contributed by atoms with E-state index in [1.165, 1.54) is 16.4 Å². The van der Waals surface area contributed by atoms with E-state index in [9.17, 15) is 12.8 Å². The van der Waals surface area contributed by atoms with Crippen LogP contribution in [0.15, 0.2) is 28.8 Å². The van der Waals surface area contributed by atoms with Gasteiger partial charge >= 0.3 is 0 Å². The molecule has 140 valence electrons. The summed E-state index contributed by atoms with van der Waals surface area (Å²) in [4.78, 5) is 4.44. The lowest BCUT2D eigenvalue weighted by molar-refractivity contribution is 0.260. The highest BCUT2D eigenvalue weighted by atomic mass is 32.2. The van der Waals surface area contributed by atoms with E-state index in [2.05, 4.69) is 10.1 Å². The van der Waals surface area contributed by atoms with Crippen molar-refractivity contribution in [2.24, 2.45) is 5.92 Å². The van der Waals surface area contributed by atoms with Crippen molar-refractivity contribution in [2.75, 3.05) is 13.1 Å². The molecule has 6 nitrogen and oxygen atoms in total. The number of rotatable bonds is 6. The van der Waals surface area contributed by atoms with Crippen LogP contribution >= 0.6 is 0 Å². The van der Waals surface area contributed by atoms with Gasteiger partial charge in [0.25, 0.3) is 0 Å². The Morgan fingerprint density at radius 3 is 2.81 bits per heavy atom. The van der Waals surface area contributed by atoms with Crippen LogP contribution in [-0.2, 0) is 22.2 Å². The number of hydrogen-bond acceptors (Lipinski definition) is 5. The van der Waals surface area contributed by atoms with Crippen molar-refractivity contribution in [3.8, 4) is 0 Å². The van der Waals surface area contributed by atoms with E-state index < -0.39 is 15.8 Å². The van der Waals surface area contributed by atoms with Crippen LogP contribution < -0.4 is 0 Å². The van der Waals surface area contributed by atoms with Gasteiger partial charge in [0, 0.05) is 31.0 Å². The summed E-state index contributed by atoms with van der Waals surface area (Å²) in [5, 5.41) is 4.03. The Hall–Kier alpha value is -1.80. The molecule has 2 aromatic rings. The zero-order chi connectivity index (χ0) is 18.1. The van der Waals surface area contributed by atoms with Crippen LogP contribution in [0.3, 0.4) is 0 Å². The summed E-state index contributed by atoms with van der Waals surface area (Å²) in [6.07, 6.45) is 4.54. The Bertz CT molecular complexity index is 879. The predicted molar refractivity (Wildman–Crippen MR) is 93.3 cm³/mol. The summed E-state index contributed by atoms with van der Waals surface area (Å²) in [7, 11) is -3.55. The van der Waals surface area contributed by atoms with Crippen molar-refractivity contribution in [2.45, 2.75) is 43.8 Å². The second-order valence-electron chi connectivity index (χ2n) is 7.24. The fourth-order valence-electron chi connectivity index (χ4n) is 3.45. The van der Waals surface area contributed by atoms with Crippen LogP contribution in [0.1, 0.15) is 48.9 Å². The molecule has 1 atom stereocenters. The summed E-state index contributed by atoms with van der Waals surface area (Å²) in [6.45, 7) is 0.900. The molecule has 1 aromatic heterocycles. The van der Waals surface area contributed by atoms with Crippen molar-refractivity contribution >= 4 is 10.0 Å². The van der Waals surface area contributed by atoms with Gasteiger partial charge in [-0.25, -0.2) is 17.1 Å². The topological polar surface area (TPSA) is 76.3 Å². The standard InChI is InChI=1S/C18H22FN3O3S/c19-16-6-2-1-5-15(16)12-26(23,24)22-9-3-4-13(11-22)10-17-20-18(25-21-17)14-7-8-14/h1-2,5-6,13-14H,3-4,7-12H2. The van der Waals surface area contributed by atoms with Gasteiger partial charge in [-0.2, -0.15) is 4.98 Å². The van der Waals surface area contributed by atoms with Crippen molar-refractivity contribution in [1.29, 1.82) is 0 Å². The minimum absolute atomic E-state index is 0.156. The maximum atomic E-state index is 13.8. The molecule has 1 unspecified atom stereocenters. The zero-order valence-corrected chi connectivity index (χ0v) is 15.3. The molecule has 0 N–H and O–H groups in total. The van der Waals surface area contributed by atoms with E-state index in [0.29, 0.717) is 37.1 Å². The maximum absolute atomic E-state index is 13.8. The molecule has 0 spiro atoms. The number of hydrogen-bond donors (Lipinski definition) is 0. The molecule has 2 fully saturated rings. The molecular weight excluding hydrogens is 357 g/mol. The first-order valence-electron chi connectivity index (χ1n) is 9.05. The highest BCUT2D eigenvalue weighted by Crippen LogP contribution is 2.39. The first-order chi connectivity index (χ1) is 12.5. The maximum Gasteiger partial charge on any atom is 0.229 e. The second-order valence-corrected chi connectivity index (χ2v) is 9.21. The van der Waals surface area contributed by atoms with E-state index in [1.807, 2.05) is 0 Å². The molecule has 1 aromatic carbocycles. The molecule has 0 radical (unpaired) electrons. The molecule has 8 heteroatoms. The van der Waals surface area contributed by atoms with Gasteiger partial charge in [0.2, 0.25) is 15.9 Å². The molecule has 2 heterocycles. The highest BCUT2D eigenvalue weighted by Gasteiger charge is 2.32. The summed E-state index contributed by atoms with van der Waals surface area (Å²) in [5.74, 6) is 1.15. The number of halogens is 1. The Labute approximate surface area is 152 Å². The molecule has 26 heavy (non-hydrogen) atoms. The minimum atomic E-state index is -3.55. The summed E-state index contributed by atoms with van der Waals surface area (Å²) in [5.41, 5.74) is 0.210. The molecule has 2 aliphatic rings. The lowest BCUT2D eigenvalue weighted by Crippen LogP contribution is -2.41. The van der Waals surface area contributed by atoms with E-state index in [4.69, 9.17) is 4.52 Å². The van der Waals surface area contributed by atoms with Gasteiger partial charge in [-0.1, -0.05) is 23.4 Å². The van der Waals surface area contributed by atoms with E-state index in [-0.39, 0.29) is 17.2 Å². The van der Waals surface area contributed by atoms with Crippen molar-refractivity contribution in [3.63, 3.8) is 0 Å². The quantitative estimate of drug-likeness (QED) is 0.771. The van der Waals surface area contributed by atoms with Gasteiger partial charge in [-0.05, 0) is 37.7 Å². The van der Waals surface area contributed by atoms with Crippen molar-refractivity contribution in [1.82, 2.24) is 14.4 Å². The lowest BCUT2D eigenvalue weighted by atomic mass is 9.96. The third-order valence-electron chi connectivity index (χ3n) is 5.05. The van der Waals surface area contributed by atoms with Gasteiger partial charge in [-0.3, -0.25) is 0 Å². The van der Waals surface area contributed by atoms with E-state index in [1.54, 1.807) is 12.1 Å². The average molecular weight is 379 g/mol. The molecule has 1 aliphatic carbocycles. The molecular formula is C18H22FN3O3S.